The van der Waals surface area contributed by atoms with Crippen LogP contribution in [0.4, 0.5) is 11.8 Å². The van der Waals surface area contributed by atoms with Crippen molar-refractivity contribution in [2.75, 3.05) is 17.2 Å². The van der Waals surface area contributed by atoms with Crippen LogP contribution in [0.1, 0.15) is 24.8 Å². The number of nitrogens with one attached hydrogen (secondary N) is 2. The van der Waals surface area contributed by atoms with Gasteiger partial charge in [-0.2, -0.15) is 4.98 Å². The van der Waals surface area contributed by atoms with Gasteiger partial charge < -0.3 is 10.6 Å². The number of hydrogen-bond donors (Lipinski definition) is 2. The summed E-state index contributed by atoms with van der Waals surface area (Å²) < 4.78 is 0. The standard InChI is InChI=1S/C22H24N4/c1-3-8-17(9-4-1)10-7-15-23-22-25-20(18-11-5-2-6-12-18)16-21(26-22)24-19-13-14-19/h1-6,8-9,11-12,16,19H,7,10,13-15H2,(H2,23,24,25,26). The third-order valence-electron chi connectivity index (χ3n) is 4.49. The van der Waals surface area contributed by atoms with E-state index in [2.05, 4.69) is 58.1 Å². The molecule has 4 nitrogen and oxygen atoms in total. The first-order valence-electron chi connectivity index (χ1n) is 9.36. The van der Waals surface area contributed by atoms with Crippen LogP contribution < -0.4 is 10.6 Å². The number of aryl methyl sites for hydroxylation is 1. The number of anilines is 2. The molecule has 2 aromatic carbocycles. The quantitative estimate of drug-likeness (QED) is 0.578. The van der Waals surface area contributed by atoms with Crippen molar-refractivity contribution in [2.45, 2.75) is 31.7 Å². The van der Waals surface area contributed by atoms with Gasteiger partial charge in [-0.3, -0.25) is 0 Å². The number of benzene rings is 2. The number of aromatic nitrogens is 2. The van der Waals surface area contributed by atoms with Gasteiger partial charge in [0.2, 0.25) is 5.95 Å². The predicted molar refractivity (Wildman–Crippen MR) is 107 cm³/mol. The molecular weight excluding hydrogens is 320 g/mol. The first-order valence-corrected chi connectivity index (χ1v) is 9.36. The summed E-state index contributed by atoms with van der Waals surface area (Å²) in [6, 6.07) is 23.5. The maximum atomic E-state index is 4.71. The van der Waals surface area contributed by atoms with Crippen LogP contribution in [-0.2, 0) is 6.42 Å². The summed E-state index contributed by atoms with van der Waals surface area (Å²) in [4.78, 5) is 9.36. The summed E-state index contributed by atoms with van der Waals surface area (Å²) in [6.07, 6.45) is 4.56. The van der Waals surface area contributed by atoms with E-state index in [0.29, 0.717) is 12.0 Å². The topological polar surface area (TPSA) is 49.8 Å². The Morgan fingerprint density at radius 3 is 2.35 bits per heavy atom. The molecular formula is C22H24N4. The van der Waals surface area contributed by atoms with Crippen molar-refractivity contribution >= 4 is 11.8 Å². The molecule has 132 valence electrons. The van der Waals surface area contributed by atoms with Gasteiger partial charge in [0.25, 0.3) is 0 Å². The molecule has 1 saturated carbocycles. The van der Waals surface area contributed by atoms with E-state index < -0.39 is 0 Å². The normalized spacial score (nSPS) is 13.4. The highest BCUT2D eigenvalue weighted by atomic mass is 15.2. The van der Waals surface area contributed by atoms with E-state index in [0.717, 1.165) is 36.5 Å². The van der Waals surface area contributed by atoms with Gasteiger partial charge in [-0.05, 0) is 31.2 Å². The van der Waals surface area contributed by atoms with Gasteiger partial charge >= 0.3 is 0 Å². The van der Waals surface area contributed by atoms with Crippen LogP contribution in [0.25, 0.3) is 11.3 Å². The molecule has 0 atom stereocenters. The molecule has 1 aromatic heterocycles. The molecule has 0 aliphatic heterocycles. The summed E-state index contributed by atoms with van der Waals surface area (Å²) in [5, 5.41) is 6.89. The first kappa shape index (κ1) is 16.6. The Morgan fingerprint density at radius 2 is 1.62 bits per heavy atom. The number of hydrogen-bond acceptors (Lipinski definition) is 4. The van der Waals surface area contributed by atoms with E-state index in [9.17, 15) is 0 Å². The van der Waals surface area contributed by atoms with Crippen molar-refractivity contribution in [3.63, 3.8) is 0 Å². The Bertz CT molecular complexity index is 829. The molecule has 0 spiro atoms. The highest BCUT2D eigenvalue weighted by Crippen LogP contribution is 2.27. The molecule has 3 aromatic rings. The van der Waals surface area contributed by atoms with Crippen molar-refractivity contribution < 1.29 is 0 Å². The second-order valence-corrected chi connectivity index (χ2v) is 6.76. The molecule has 0 unspecified atom stereocenters. The first-order chi connectivity index (χ1) is 12.9. The summed E-state index contributed by atoms with van der Waals surface area (Å²) in [6.45, 7) is 0.857. The number of nitrogens with zero attached hydrogens (tertiary/aromatic N) is 2. The minimum absolute atomic E-state index is 0.569. The number of rotatable bonds is 8. The molecule has 2 N–H and O–H groups in total. The maximum Gasteiger partial charge on any atom is 0.225 e. The van der Waals surface area contributed by atoms with Gasteiger partial charge in [0.15, 0.2) is 0 Å². The third-order valence-corrected chi connectivity index (χ3v) is 4.49. The molecule has 26 heavy (non-hydrogen) atoms. The SMILES string of the molecule is c1ccc(CCCNc2nc(NC3CC3)cc(-c3ccccc3)n2)cc1. The van der Waals surface area contributed by atoms with Crippen molar-refractivity contribution in [1.29, 1.82) is 0 Å². The predicted octanol–water partition coefficient (Wildman–Crippen LogP) is 4.76. The lowest BCUT2D eigenvalue weighted by atomic mass is 10.1. The van der Waals surface area contributed by atoms with E-state index >= 15 is 0 Å². The van der Waals surface area contributed by atoms with Crippen molar-refractivity contribution in [2.24, 2.45) is 0 Å². The fraction of sp³-hybridized carbons (Fsp3) is 0.273. The Morgan fingerprint density at radius 1 is 0.885 bits per heavy atom. The summed E-state index contributed by atoms with van der Waals surface area (Å²) in [7, 11) is 0. The smallest absolute Gasteiger partial charge is 0.225 e. The van der Waals surface area contributed by atoms with Crippen LogP contribution in [0.15, 0.2) is 66.7 Å². The van der Waals surface area contributed by atoms with E-state index in [1.54, 1.807) is 0 Å². The van der Waals surface area contributed by atoms with E-state index in [-0.39, 0.29) is 0 Å². The minimum Gasteiger partial charge on any atom is -0.367 e. The summed E-state index contributed by atoms with van der Waals surface area (Å²) in [5.74, 6) is 1.61. The lowest BCUT2D eigenvalue weighted by Crippen LogP contribution is -2.10. The van der Waals surface area contributed by atoms with Gasteiger partial charge in [0, 0.05) is 24.2 Å². The average Bonchev–Trinajstić information content (AvgIpc) is 3.51. The molecule has 4 rings (SSSR count). The van der Waals surface area contributed by atoms with Gasteiger partial charge in [-0.15, -0.1) is 0 Å². The van der Waals surface area contributed by atoms with Gasteiger partial charge in [0.05, 0.1) is 5.69 Å². The van der Waals surface area contributed by atoms with E-state index in [1.165, 1.54) is 18.4 Å². The Hall–Kier alpha value is -2.88. The van der Waals surface area contributed by atoms with Crippen LogP contribution in [0.2, 0.25) is 0 Å². The van der Waals surface area contributed by atoms with Crippen molar-refractivity contribution in [1.82, 2.24) is 9.97 Å². The zero-order valence-electron chi connectivity index (χ0n) is 14.9. The van der Waals surface area contributed by atoms with E-state index in [1.807, 2.05) is 24.3 Å². The lowest BCUT2D eigenvalue weighted by Gasteiger charge is -2.11. The molecule has 1 aliphatic rings. The van der Waals surface area contributed by atoms with Crippen LogP contribution in [0, 0.1) is 0 Å². The zero-order valence-corrected chi connectivity index (χ0v) is 14.9. The van der Waals surface area contributed by atoms with Crippen molar-refractivity contribution in [3.8, 4) is 11.3 Å². The fourth-order valence-corrected chi connectivity index (χ4v) is 2.93. The van der Waals surface area contributed by atoms with Crippen LogP contribution in [0.3, 0.4) is 0 Å². The van der Waals surface area contributed by atoms with Crippen LogP contribution >= 0.6 is 0 Å². The monoisotopic (exact) mass is 344 g/mol. The average molecular weight is 344 g/mol. The lowest BCUT2D eigenvalue weighted by molar-refractivity contribution is 0.853. The Balaban J connectivity index is 1.43. The van der Waals surface area contributed by atoms with Crippen LogP contribution in [-0.4, -0.2) is 22.6 Å². The van der Waals surface area contributed by atoms with Crippen molar-refractivity contribution in [3.05, 3.63) is 72.3 Å². The zero-order chi connectivity index (χ0) is 17.6. The van der Waals surface area contributed by atoms with E-state index in [4.69, 9.17) is 4.98 Å². The summed E-state index contributed by atoms with van der Waals surface area (Å²) >= 11 is 0. The Kier molecular flexibility index (Phi) is 5.10. The molecule has 1 fully saturated rings. The molecule has 0 bridgehead atoms. The highest BCUT2D eigenvalue weighted by molar-refractivity contribution is 5.64. The molecule has 0 saturated heterocycles. The third kappa shape index (κ3) is 4.60. The second kappa shape index (κ2) is 8.00. The largest absolute Gasteiger partial charge is 0.367 e. The maximum absolute atomic E-state index is 4.71. The molecule has 4 heteroatoms. The van der Waals surface area contributed by atoms with Gasteiger partial charge in [-0.25, -0.2) is 4.98 Å². The van der Waals surface area contributed by atoms with Gasteiger partial charge in [-0.1, -0.05) is 60.7 Å². The molecule has 1 heterocycles. The Labute approximate surface area is 154 Å². The minimum atomic E-state index is 0.569. The highest BCUT2D eigenvalue weighted by Gasteiger charge is 2.22. The summed E-state index contributed by atoms with van der Waals surface area (Å²) in [5.41, 5.74) is 3.43. The second-order valence-electron chi connectivity index (χ2n) is 6.76. The van der Waals surface area contributed by atoms with Gasteiger partial charge in [0.1, 0.15) is 5.82 Å². The molecule has 1 aliphatic carbocycles. The molecule has 0 radical (unpaired) electrons. The fourth-order valence-electron chi connectivity index (χ4n) is 2.93. The van der Waals surface area contributed by atoms with Crippen LogP contribution in [0.5, 0.6) is 0 Å². The molecule has 0 amide bonds.